The van der Waals surface area contributed by atoms with E-state index in [0.717, 1.165) is 5.39 Å². The smallest absolute Gasteiger partial charge is 0.326 e. The number of fused-ring (bicyclic) bond motifs is 1. The standard InChI is InChI=1S/C23H28N2O5S/c1-15-12-18(29-6)13-16(2)22(15)31(27,28)24-19-9-7-8-17-10-11-25(21(17)19)14-20(26)30-23(3,4)5/h7-13,24H,14H2,1-6H3. The quantitative estimate of drug-likeness (QED) is 0.569. The van der Waals surface area contributed by atoms with Gasteiger partial charge in [-0.2, -0.15) is 0 Å². The Bertz CT molecular complexity index is 1210. The van der Waals surface area contributed by atoms with Gasteiger partial charge in [0, 0.05) is 11.6 Å². The highest BCUT2D eigenvalue weighted by Gasteiger charge is 2.23. The van der Waals surface area contributed by atoms with Crippen LogP contribution in [-0.2, 0) is 26.1 Å². The number of ether oxygens (including phenoxy) is 2. The lowest BCUT2D eigenvalue weighted by Crippen LogP contribution is -2.26. The molecule has 0 aliphatic carbocycles. The number of carbonyl (C=O) groups is 1. The van der Waals surface area contributed by atoms with E-state index < -0.39 is 21.6 Å². The van der Waals surface area contributed by atoms with Gasteiger partial charge in [0.1, 0.15) is 17.9 Å². The molecule has 1 heterocycles. The summed E-state index contributed by atoms with van der Waals surface area (Å²) in [5.74, 6) is 0.201. The van der Waals surface area contributed by atoms with Crippen LogP contribution in [0.5, 0.6) is 5.75 Å². The molecule has 0 spiro atoms. The highest BCUT2D eigenvalue weighted by molar-refractivity contribution is 7.92. The first-order chi connectivity index (χ1) is 14.4. The van der Waals surface area contributed by atoms with Gasteiger partial charge in [-0.3, -0.25) is 9.52 Å². The van der Waals surface area contributed by atoms with Crippen molar-refractivity contribution in [3.63, 3.8) is 0 Å². The van der Waals surface area contributed by atoms with E-state index in [-0.39, 0.29) is 11.4 Å². The van der Waals surface area contributed by atoms with Crippen molar-refractivity contribution in [3.05, 3.63) is 53.7 Å². The average Bonchev–Trinajstić information content (AvgIpc) is 3.02. The van der Waals surface area contributed by atoms with Crippen LogP contribution < -0.4 is 9.46 Å². The van der Waals surface area contributed by atoms with Gasteiger partial charge in [0.25, 0.3) is 10.0 Å². The van der Waals surface area contributed by atoms with Crippen LogP contribution in [0.15, 0.2) is 47.5 Å². The van der Waals surface area contributed by atoms with Crippen LogP contribution in [-0.4, -0.2) is 31.7 Å². The third-order valence-electron chi connectivity index (χ3n) is 4.69. The fourth-order valence-corrected chi connectivity index (χ4v) is 5.16. The van der Waals surface area contributed by atoms with E-state index in [1.54, 1.807) is 76.8 Å². The largest absolute Gasteiger partial charge is 0.497 e. The van der Waals surface area contributed by atoms with Gasteiger partial charge >= 0.3 is 5.97 Å². The van der Waals surface area contributed by atoms with Crippen molar-refractivity contribution in [2.45, 2.75) is 51.7 Å². The number of aromatic nitrogens is 1. The zero-order valence-electron chi connectivity index (χ0n) is 18.6. The molecule has 31 heavy (non-hydrogen) atoms. The Balaban J connectivity index is 2.01. The van der Waals surface area contributed by atoms with Crippen molar-refractivity contribution in [3.8, 4) is 5.75 Å². The second-order valence-corrected chi connectivity index (χ2v) is 10.1. The SMILES string of the molecule is COc1cc(C)c(S(=O)(=O)Nc2cccc3ccn(CC(=O)OC(C)(C)C)c23)c(C)c1. The summed E-state index contributed by atoms with van der Waals surface area (Å²) in [6.45, 7) is 8.85. The Hall–Kier alpha value is -3.00. The number of hydrogen-bond donors (Lipinski definition) is 1. The van der Waals surface area contributed by atoms with Gasteiger partial charge < -0.3 is 14.0 Å². The molecule has 0 radical (unpaired) electrons. The van der Waals surface area contributed by atoms with Crippen LogP contribution in [0.4, 0.5) is 5.69 Å². The number of sulfonamides is 1. The second-order valence-electron chi connectivity index (χ2n) is 8.47. The van der Waals surface area contributed by atoms with E-state index in [1.807, 2.05) is 12.1 Å². The second kappa shape index (κ2) is 8.26. The molecule has 2 aromatic carbocycles. The molecule has 1 N–H and O–H groups in total. The highest BCUT2D eigenvalue weighted by Crippen LogP contribution is 2.31. The first-order valence-electron chi connectivity index (χ1n) is 9.89. The van der Waals surface area contributed by atoms with Crippen molar-refractivity contribution < 1.29 is 22.7 Å². The van der Waals surface area contributed by atoms with E-state index in [1.165, 1.54) is 0 Å². The molecule has 0 amide bonds. The molecule has 0 fully saturated rings. The third kappa shape index (κ3) is 5.02. The number of carbonyl (C=O) groups excluding carboxylic acids is 1. The Morgan fingerprint density at radius 3 is 2.32 bits per heavy atom. The maximum atomic E-state index is 13.3. The summed E-state index contributed by atoms with van der Waals surface area (Å²) in [7, 11) is -2.34. The molecule has 0 bridgehead atoms. The maximum Gasteiger partial charge on any atom is 0.326 e. The lowest BCUT2D eigenvalue weighted by Gasteiger charge is -2.20. The van der Waals surface area contributed by atoms with Crippen LogP contribution in [0, 0.1) is 13.8 Å². The fraction of sp³-hybridized carbons (Fsp3) is 0.348. The van der Waals surface area contributed by atoms with Crippen LogP contribution in [0.2, 0.25) is 0 Å². The molecule has 0 unspecified atom stereocenters. The highest BCUT2D eigenvalue weighted by atomic mass is 32.2. The van der Waals surface area contributed by atoms with Gasteiger partial charge in [-0.05, 0) is 70.0 Å². The minimum absolute atomic E-state index is 0.0277. The van der Waals surface area contributed by atoms with Crippen molar-refractivity contribution in [2.75, 3.05) is 11.8 Å². The molecule has 0 saturated carbocycles. The van der Waals surface area contributed by atoms with E-state index in [4.69, 9.17) is 9.47 Å². The number of nitrogens with one attached hydrogen (secondary N) is 1. The monoisotopic (exact) mass is 444 g/mol. The van der Waals surface area contributed by atoms with E-state index in [9.17, 15) is 13.2 Å². The average molecular weight is 445 g/mol. The van der Waals surface area contributed by atoms with Crippen molar-refractivity contribution >= 4 is 32.6 Å². The number of para-hydroxylation sites is 1. The third-order valence-corrected chi connectivity index (χ3v) is 6.36. The first-order valence-corrected chi connectivity index (χ1v) is 11.4. The predicted octanol–water partition coefficient (Wildman–Crippen LogP) is 4.41. The van der Waals surface area contributed by atoms with E-state index >= 15 is 0 Å². The molecule has 3 aromatic rings. The number of benzene rings is 2. The molecule has 7 nitrogen and oxygen atoms in total. The summed E-state index contributed by atoms with van der Waals surface area (Å²) in [6.07, 6.45) is 1.75. The normalized spacial score (nSPS) is 12.1. The number of methoxy groups -OCH3 is 1. The molecule has 8 heteroatoms. The zero-order chi connectivity index (χ0) is 23.0. The number of nitrogens with zero attached hydrogens (tertiary/aromatic N) is 1. The van der Waals surface area contributed by atoms with E-state index in [2.05, 4.69) is 4.72 Å². The Morgan fingerprint density at radius 2 is 1.74 bits per heavy atom. The molecule has 3 rings (SSSR count). The number of hydrogen-bond acceptors (Lipinski definition) is 5. The molecular formula is C23H28N2O5S. The van der Waals surface area contributed by atoms with Gasteiger partial charge in [-0.25, -0.2) is 8.42 Å². The van der Waals surface area contributed by atoms with Gasteiger partial charge in [0.2, 0.25) is 0 Å². The molecule has 166 valence electrons. The Kier molecular flexibility index (Phi) is 6.04. The number of esters is 1. The number of anilines is 1. The summed E-state index contributed by atoms with van der Waals surface area (Å²) in [5.41, 5.74) is 1.57. The van der Waals surface area contributed by atoms with Crippen LogP contribution in [0.1, 0.15) is 31.9 Å². The van der Waals surface area contributed by atoms with Gasteiger partial charge in [0.05, 0.1) is 23.2 Å². The predicted molar refractivity (Wildman–Crippen MR) is 121 cm³/mol. The molecular weight excluding hydrogens is 416 g/mol. The van der Waals surface area contributed by atoms with Gasteiger partial charge in [-0.15, -0.1) is 0 Å². The number of rotatable bonds is 6. The lowest BCUT2D eigenvalue weighted by atomic mass is 10.1. The van der Waals surface area contributed by atoms with Crippen LogP contribution in [0.25, 0.3) is 10.9 Å². The van der Waals surface area contributed by atoms with Crippen molar-refractivity contribution in [1.82, 2.24) is 4.57 Å². The van der Waals surface area contributed by atoms with Crippen molar-refractivity contribution in [1.29, 1.82) is 0 Å². The summed E-state index contributed by atoms with van der Waals surface area (Å²) >= 11 is 0. The lowest BCUT2D eigenvalue weighted by molar-refractivity contribution is -0.155. The fourth-order valence-electron chi connectivity index (χ4n) is 3.64. The van der Waals surface area contributed by atoms with Crippen LogP contribution >= 0.6 is 0 Å². The van der Waals surface area contributed by atoms with Crippen molar-refractivity contribution in [2.24, 2.45) is 0 Å². The molecule has 0 atom stereocenters. The Morgan fingerprint density at radius 1 is 1.10 bits per heavy atom. The Labute approximate surface area is 183 Å². The molecule has 0 saturated heterocycles. The van der Waals surface area contributed by atoms with Gasteiger partial charge in [0.15, 0.2) is 0 Å². The van der Waals surface area contributed by atoms with Crippen LogP contribution in [0.3, 0.4) is 0 Å². The minimum Gasteiger partial charge on any atom is -0.497 e. The maximum absolute atomic E-state index is 13.3. The topological polar surface area (TPSA) is 86.6 Å². The molecule has 0 aliphatic rings. The minimum atomic E-state index is -3.88. The molecule has 1 aromatic heterocycles. The summed E-state index contributed by atoms with van der Waals surface area (Å²) in [6, 6.07) is 10.5. The first kappa shape index (κ1) is 22.7. The summed E-state index contributed by atoms with van der Waals surface area (Å²) in [5, 5.41) is 0.812. The summed E-state index contributed by atoms with van der Waals surface area (Å²) in [4.78, 5) is 12.5. The number of aryl methyl sites for hydroxylation is 2. The summed E-state index contributed by atoms with van der Waals surface area (Å²) < 4.78 is 41.6. The molecule has 0 aliphatic heterocycles. The van der Waals surface area contributed by atoms with Gasteiger partial charge in [-0.1, -0.05) is 12.1 Å². The zero-order valence-corrected chi connectivity index (χ0v) is 19.5. The van der Waals surface area contributed by atoms with E-state index in [0.29, 0.717) is 28.1 Å².